The Bertz CT molecular complexity index is 1150. The van der Waals surface area contributed by atoms with Crippen LogP contribution in [0.2, 0.25) is 5.02 Å². The number of sulfone groups is 1. The zero-order valence-corrected chi connectivity index (χ0v) is 16.8. The van der Waals surface area contributed by atoms with E-state index in [2.05, 4.69) is 5.16 Å². The molecule has 0 amide bonds. The van der Waals surface area contributed by atoms with Gasteiger partial charge in [-0.3, -0.25) is 4.79 Å². The van der Waals surface area contributed by atoms with E-state index < -0.39 is 9.84 Å². The lowest BCUT2D eigenvalue weighted by Crippen LogP contribution is -2.09. The summed E-state index contributed by atoms with van der Waals surface area (Å²) in [6, 6.07) is 11.9. The van der Waals surface area contributed by atoms with Crippen LogP contribution >= 0.6 is 11.6 Å². The van der Waals surface area contributed by atoms with Crippen LogP contribution in [0.25, 0.3) is 0 Å². The summed E-state index contributed by atoms with van der Waals surface area (Å²) in [5.74, 6) is 0.0693. The molecule has 0 atom stereocenters. The first-order chi connectivity index (χ1) is 13.3. The monoisotopic (exact) mass is 415 g/mol. The number of carbonyl (C=O) groups is 1. The maximum atomic E-state index is 13.2. The molecule has 1 heterocycles. The fraction of sp³-hybridized carbons (Fsp3) is 0.238. The Morgan fingerprint density at radius 2 is 1.86 bits per heavy atom. The number of hydrogen-bond donors (Lipinski definition) is 0. The van der Waals surface area contributed by atoms with Crippen molar-refractivity contribution in [2.75, 3.05) is 6.26 Å². The van der Waals surface area contributed by atoms with Crippen molar-refractivity contribution in [3.05, 3.63) is 81.7 Å². The summed E-state index contributed by atoms with van der Waals surface area (Å²) in [4.78, 5) is 13.4. The molecule has 0 unspecified atom stereocenters. The van der Waals surface area contributed by atoms with E-state index in [0.717, 1.165) is 24.7 Å². The van der Waals surface area contributed by atoms with E-state index in [0.29, 0.717) is 33.8 Å². The summed E-state index contributed by atoms with van der Waals surface area (Å²) >= 11 is 5.95. The molecule has 1 saturated carbocycles. The summed E-state index contributed by atoms with van der Waals surface area (Å²) in [5, 5.41) is 4.61. The second-order valence-electron chi connectivity index (χ2n) is 7.11. The van der Waals surface area contributed by atoms with Crippen LogP contribution < -0.4 is 0 Å². The van der Waals surface area contributed by atoms with Crippen LogP contribution in [0.3, 0.4) is 0 Å². The highest BCUT2D eigenvalue weighted by molar-refractivity contribution is 7.90. The van der Waals surface area contributed by atoms with E-state index in [1.807, 2.05) is 12.1 Å². The number of halogens is 1. The molecule has 0 aliphatic heterocycles. The molecule has 0 radical (unpaired) electrons. The third kappa shape index (κ3) is 3.88. The molecule has 28 heavy (non-hydrogen) atoms. The lowest BCUT2D eigenvalue weighted by atomic mass is 9.94. The third-order valence-corrected chi connectivity index (χ3v) is 6.23. The second-order valence-corrected chi connectivity index (χ2v) is 9.56. The smallest absolute Gasteiger partial charge is 0.198 e. The van der Waals surface area contributed by atoms with Crippen LogP contribution in [-0.2, 0) is 16.3 Å². The van der Waals surface area contributed by atoms with Crippen molar-refractivity contribution in [1.29, 1.82) is 0 Å². The Balaban J connectivity index is 1.78. The molecule has 0 saturated heterocycles. The number of aromatic nitrogens is 1. The summed E-state index contributed by atoms with van der Waals surface area (Å²) in [7, 11) is -3.40. The Hall–Kier alpha value is -2.44. The van der Waals surface area contributed by atoms with Crippen molar-refractivity contribution in [2.24, 2.45) is 0 Å². The Kier molecular flexibility index (Phi) is 4.85. The predicted octanol–water partition coefficient (Wildman–Crippen LogP) is 4.43. The first-order valence-corrected chi connectivity index (χ1v) is 11.2. The van der Waals surface area contributed by atoms with Gasteiger partial charge in [-0.1, -0.05) is 28.9 Å². The van der Waals surface area contributed by atoms with Crippen LogP contribution in [-0.4, -0.2) is 25.6 Å². The van der Waals surface area contributed by atoms with Gasteiger partial charge in [-0.2, -0.15) is 0 Å². The molecule has 1 aliphatic rings. The van der Waals surface area contributed by atoms with Gasteiger partial charge in [0.15, 0.2) is 15.6 Å². The van der Waals surface area contributed by atoms with E-state index in [1.54, 1.807) is 24.3 Å². The summed E-state index contributed by atoms with van der Waals surface area (Å²) in [6.07, 6.45) is 4.94. The largest absolute Gasteiger partial charge is 0.364 e. The minimum Gasteiger partial charge on any atom is -0.364 e. The molecular formula is C21H18ClNO4S. The highest BCUT2D eigenvalue weighted by Crippen LogP contribution is 2.41. The number of carbonyl (C=O) groups excluding carboxylic acids is 1. The Morgan fingerprint density at radius 1 is 1.14 bits per heavy atom. The number of rotatable bonds is 6. The van der Waals surface area contributed by atoms with Gasteiger partial charge in [-0.05, 0) is 60.7 Å². The minimum atomic E-state index is -3.40. The van der Waals surface area contributed by atoms with Crippen molar-refractivity contribution in [1.82, 2.24) is 5.16 Å². The Morgan fingerprint density at radius 3 is 2.50 bits per heavy atom. The summed E-state index contributed by atoms with van der Waals surface area (Å²) in [6.45, 7) is 0. The number of ketones is 1. The van der Waals surface area contributed by atoms with Crippen LogP contribution in [0, 0.1) is 0 Å². The Labute approximate surface area is 168 Å². The van der Waals surface area contributed by atoms with Crippen molar-refractivity contribution in [3.8, 4) is 0 Å². The molecule has 3 aromatic rings. The zero-order chi connectivity index (χ0) is 19.9. The molecule has 5 nitrogen and oxygen atoms in total. The average Bonchev–Trinajstić information content (AvgIpc) is 3.39. The maximum Gasteiger partial charge on any atom is 0.198 e. The maximum absolute atomic E-state index is 13.2. The van der Waals surface area contributed by atoms with Gasteiger partial charge in [-0.25, -0.2) is 8.42 Å². The first kappa shape index (κ1) is 18.9. The van der Waals surface area contributed by atoms with Gasteiger partial charge in [0.1, 0.15) is 6.26 Å². The topological polar surface area (TPSA) is 77.2 Å². The summed E-state index contributed by atoms with van der Waals surface area (Å²) < 4.78 is 29.1. The predicted molar refractivity (Wildman–Crippen MR) is 106 cm³/mol. The van der Waals surface area contributed by atoms with Crippen molar-refractivity contribution in [2.45, 2.75) is 30.1 Å². The normalized spacial score (nSPS) is 14.2. The molecular weight excluding hydrogens is 398 g/mol. The second kappa shape index (κ2) is 7.18. The first-order valence-electron chi connectivity index (χ1n) is 8.89. The lowest BCUT2D eigenvalue weighted by molar-refractivity contribution is 0.103. The van der Waals surface area contributed by atoms with Gasteiger partial charge in [0.25, 0.3) is 0 Å². The molecule has 144 valence electrons. The molecule has 1 aliphatic carbocycles. The van der Waals surface area contributed by atoms with E-state index in [9.17, 15) is 13.2 Å². The van der Waals surface area contributed by atoms with E-state index in [4.69, 9.17) is 16.1 Å². The van der Waals surface area contributed by atoms with Crippen LogP contribution in [0.1, 0.15) is 51.5 Å². The highest BCUT2D eigenvalue weighted by atomic mass is 35.5. The van der Waals surface area contributed by atoms with E-state index in [-0.39, 0.29) is 16.6 Å². The minimum absolute atomic E-state index is 0.181. The SMILES string of the molecule is CS(=O)(=O)c1ccc(C(=O)c2conc2C2CC2)c(Cc2ccc(Cl)cc2)c1. The molecule has 0 spiro atoms. The number of nitrogens with zero attached hydrogens (tertiary/aromatic N) is 1. The molecule has 0 bridgehead atoms. The van der Waals surface area contributed by atoms with E-state index >= 15 is 0 Å². The molecule has 2 aromatic carbocycles. The van der Waals surface area contributed by atoms with Gasteiger partial charge in [0.05, 0.1) is 16.2 Å². The van der Waals surface area contributed by atoms with Gasteiger partial charge in [0.2, 0.25) is 0 Å². The molecule has 4 rings (SSSR count). The average molecular weight is 416 g/mol. The zero-order valence-electron chi connectivity index (χ0n) is 15.2. The third-order valence-electron chi connectivity index (χ3n) is 4.86. The summed E-state index contributed by atoms with van der Waals surface area (Å²) in [5.41, 5.74) is 3.16. The number of hydrogen-bond acceptors (Lipinski definition) is 5. The van der Waals surface area contributed by atoms with Crippen LogP contribution in [0.15, 0.2) is 58.1 Å². The molecule has 0 N–H and O–H groups in total. The van der Waals surface area contributed by atoms with Crippen LogP contribution in [0.4, 0.5) is 0 Å². The molecule has 7 heteroatoms. The molecule has 1 aromatic heterocycles. The standard InChI is InChI=1S/C21H18ClNO4S/c1-28(25,26)17-8-9-18(15(11-17)10-13-2-6-16(22)7-3-13)21(24)19-12-27-23-20(19)14-4-5-14/h2-3,6-9,11-12,14H,4-5,10H2,1H3. The highest BCUT2D eigenvalue weighted by Gasteiger charge is 2.32. The fourth-order valence-corrected chi connectivity index (χ4v) is 4.00. The van der Waals surface area contributed by atoms with Gasteiger partial charge in [-0.15, -0.1) is 0 Å². The van der Waals surface area contributed by atoms with Gasteiger partial charge < -0.3 is 4.52 Å². The quantitative estimate of drug-likeness (QED) is 0.556. The lowest BCUT2D eigenvalue weighted by Gasteiger charge is -2.11. The number of benzene rings is 2. The van der Waals surface area contributed by atoms with Gasteiger partial charge in [0, 0.05) is 22.8 Å². The molecule has 1 fully saturated rings. The van der Waals surface area contributed by atoms with Crippen molar-refractivity contribution < 1.29 is 17.7 Å². The van der Waals surface area contributed by atoms with Crippen molar-refractivity contribution >= 4 is 27.2 Å². The fourth-order valence-electron chi connectivity index (χ4n) is 3.20. The van der Waals surface area contributed by atoms with Crippen LogP contribution in [0.5, 0.6) is 0 Å². The van der Waals surface area contributed by atoms with Crippen molar-refractivity contribution in [3.63, 3.8) is 0 Å². The van der Waals surface area contributed by atoms with Gasteiger partial charge >= 0.3 is 0 Å². The van der Waals surface area contributed by atoms with E-state index in [1.165, 1.54) is 12.3 Å².